The van der Waals surface area contributed by atoms with Crippen LogP contribution in [0.5, 0.6) is 17.2 Å². The van der Waals surface area contributed by atoms with Gasteiger partial charge in [0.25, 0.3) is 0 Å². The van der Waals surface area contributed by atoms with E-state index in [0.717, 1.165) is 55.3 Å². The van der Waals surface area contributed by atoms with Gasteiger partial charge < -0.3 is 36.5 Å². The zero-order valence-corrected chi connectivity index (χ0v) is 26.3. The third kappa shape index (κ3) is 5.76. The number of nitrogens with one attached hydrogen (secondary N) is 1. The summed E-state index contributed by atoms with van der Waals surface area (Å²) in [7, 11) is 1.77. The molecule has 41 heavy (non-hydrogen) atoms. The lowest BCUT2D eigenvalue weighted by Crippen LogP contribution is -3.00. The van der Waals surface area contributed by atoms with E-state index in [4.69, 9.17) is 14.2 Å². The van der Waals surface area contributed by atoms with E-state index >= 15 is 0 Å². The Kier molecular flexibility index (Phi) is 9.08. The predicted molar refractivity (Wildman–Crippen MR) is 162 cm³/mol. The number of rotatable bonds is 10. The van der Waals surface area contributed by atoms with Crippen molar-refractivity contribution in [1.29, 1.82) is 0 Å². The molecule has 1 aromatic heterocycles. The highest BCUT2D eigenvalue weighted by Crippen LogP contribution is 2.43. The normalized spacial score (nSPS) is 13.1. The van der Waals surface area contributed by atoms with Crippen molar-refractivity contribution in [2.75, 3.05) is 25.8 Å². The Morgan fingerprint density at radius 2 is 1.73 bits per heavy atom. The Hall–Kier alpha value is -3.25. The first-order valence-corrected chi connectivity index (χ1v) is 14.9. The second-order valence-electron chi connectivity index (χ2n) is 11.4. The van der Waals surface area contributed by atoms with Crippen molar-refractivity contribution in [3.63, 3.8) is 0 Å². The van der Waals surface area contributed by atoms with E-state index in [9.17, 15) is 0 Å². The average molecular weight is 618 g/mol. The largest absolute Gasteiger partial charge is 1.00 e. The summed E-state index contributed by atoms with van der Waals surface area (Å²) in [6.07, 6.45) is 9.05. The van der Waals surface area contributed by atoms with Gasteiger partial charge in [0.05, 0.1) is 23.7 Å². The monoisotopic (exact) mass is 616 g/mol. The van der Waals surface area contributed by atoms with Crippen molar-refractivity contribution < 1.29 is 35.8 Å². The number of ether oxygens (including phenoxy) is 3. The molecule has 6 rings (SSSR count). The van der Waals surface area contributed by atoms with Gasteiger partial charge in [-0.05, 0) is 53.3 Å². The van der Waals surface area contributed by atoms with Gasteiger partial charge in [-0.3, -0.25) is 0 Å². The summed E-state index contributed by atoms with van der Waals surface area (Å²) < 4.78 is 19.9. The standard InChI is InChI=1S/C35H40N2O3.BrH/c1-5-6-7-8-16-36-34-30-21-37-17-15-26-19-32-33(40-22-39-32)20-28(26)35(37)29(27(30)13-14-31(34)38-4)18-24-9-11-25(12-10-24)23(2)3;/h9-14,19-21,23H,5-8,15-18,22H2,1-4H3;1H. The molecule has 216 valence electrons. The molecule has 0 saturated heterocycles. The third-order valence-corrected chi connectivity index (χ3v) is 8.45. The molecule has 0 atom stereocenters. The minimum atomic E-state index is 0. The van der Waals surface area contributed by atoms with Gasteiger partial charge in [0.2, 0.25) is 12.5 Å². The molecule has 2 aliphatic rings. The number of halogens is 1. The quantitative estimate of drug-likeness (QED) is 0.205. The predicted octanol–water partition coefficient (Wildman–Crippen LogP) is 4.80. The first-order chi connectivity index (χ1) is 19.6. The zero-order chi connectivity index (χ0) is 27.6. The Bertz CT molecular complexity index is 1530. The van der Waals surface area contributed by atoms with Gasteiger partial charge in [0.1, 0.15) is 5.75 Å². The number of anilines is 1. The molecule has 0 unspecified atom stereocenters. The molecule has 4 aromatic rings. The van der Waals surface area contributed by atoms with E-state index in [1.165, 1.54) is 63.5 Å². The molecule has 5 nitrogen and oxygen atoms in total. The highest BCUT2D eigenvalue weighted by atomic mass is 79.9. The molecule has 0 radical (unpaired) electrons. The molecule has 0 spiro atoms. The number of unbranched alkanes of at least 4 members (excludes halogenated alkanes) is 3. The van der Waals surface area contributed by atoms with Crippen molar-refractivity contribution in [1.82, 2.24) is 0 Å². The van der Waals surface area contributed by atoms with Crippen molar-refractivity contribution >= 4 is 16.5 Å². The van der Waals surface area contributed by atoms with Crippen LogP contribution in [-0.4, -0.2) is 20.4 Å². The molecule has 0 bridgehead atoms. The molecular weight excluding hydrogens is 576 g/mol. The van der Waals surface area contributed by atoms with Crippen molar-refractivity contribution in [3.05, 3.63) is 77.0 Å². The Labute approximate surface area is 254 Å². The van der Waals surface area contributed by atoms with Crippen LogP contribution in [-0.2, 0) is 19.4 Å². The van der Waals surface area contributed by atoms with Gasteiger partial charge in [-0.1, -0.05) is 64.3 Å². The number of pyridine rings is 1. The number of hydrogen-bond donors (Lipinski definition) is 1. The van der Waals surface area contributed by atoms with E-state index in [0.29, 0.717) is 5.92 Å². The maximum absolute atomic E-state index is 5.87. The van der Waals surface area contributed by atoms with Gasteiger partial charge in [-0.2, -0.15) is 4.57 Å². The Morgan fingerprint density at radius 3 is 2.46 bits per heavy atom. The highest BCUT2D eigenvalue weighted by molar-refractivity contribution is 6.00. The van der Waals surface area contributed by atoms with Crippen LogP contribution in [0.4, 0.5) is 5.69 Å². The van der Waals surface area contributed by atoms with Gasteiger partial charge >= 0.3 is 0 Å². The summed E-state index contributed by atoms with van der Waals surface area (Å²) in [5.41, 5.74) is 8.97. The fraction of sp³-hybridized carbons (Fsp3) is 0.400. The Morgan fingerprint density at radius 1 is 0.951 bits per heavy atom. The van der Waals surface area contributed by atoms with Crippen LogP contribution in [0.3, 0.4) is 0 Å². The van der Waals surface area contributed by atoms with Gasteiger partial charge in [-0.15, -0.1) is 0 Å². The van der Waals surface area contributed by atoms with Crippen LogP contribution >= 0.6 is 0 Å². The number of aromatic nitrogens is 1. The molecule has 0 fully saturated rings. The highest BCUT2D eigenvalue weighted by Gasteiger charge is 2.32. The molecule has 0 amide bonds. The van der Waals surface area contributed by atoms with Crippen LogP contribution in [0.15, 0.2) is 54.7 Å². The topological polar surface area (TPSA) is 43.6 Å². The van der Waals surface area contributed by atoms with Gasteiger partial charge in [0, 0.05) is 30.3 Å². The van der Waals surface area contributed by atoms with Crippen molar-refractivity contribution in [2.24, 2.45) is 0 Å². The maximum atomic E-state index is 5.87. The molecule has 1 N–H and O–H groups in total. The third-order valence-electron chi connectivity index (χ3n) is 8.45. The number of hydrogen-bond acceptors (Lipinski definition) is 4. The van der Waals surface area contributed by atoms with Crippen LogP contribution in [0.25, 0.3) is 22.0 Å². The number of aryl methyl sites for hydroxylation is 2. The minimum Gasteiger partial charge on any atom is -1.00 e. The summed E-state index contributed by atoms with van der Waals surface area (Å²) in [6.45, 7) is 8.90. The number of fused-ring (bicyclic) bond motifs is 5. The molecule has 3 aromatic carbocycles. The second kappa shape index (κ2) is 12.7. The summed E-state index contributed by atoms with van der Waals surface area (Å²) in [6, 6.07) is 17.9. The van der Waals surface area contributed by atoms with Crippen LogP contribution in [0, 0.1) is 0 Å². The van der Waals surface area contributed by atoms with Gasteiger partial charge in [0.15, 0.2) is 24.2 Å². The first-order valence-electron chi connectivity index (χ1n) is 14.9. The molecule has 3 heterocycles. The molecule has 6 heteroatoms. The SMILES string of the molecule is CCCCCCNc1c(OC)ccc2c(Cc3ccc(C(C)C)cc3)c3[n+](cc12)CCc1cc2c(cc1-3)OCO2.[Br-]. The van der Waals surface area contributed by atoms with E-state index in [-0.39, 0.29) is 23.8 Å². The lowest BCUT2D eigenvalue weighted by atomic mass is 9.88. The fourth-order valence-corrected chi connectivity index (χ4v) is 6.19. The van der Waals surface area contributed by atoms with Crippen LogP contribution < -0.4 is 41.1 Å². The lowest BCUT2D eigenvalue weighted by Gasteiger charge is -2.22. The number of methoxy groups -OCH3 is 1. The molecular formula is C35H41BrN2O3. The van der Waals surface area contributed by atoms with Crippen molar-refractivity contribution in [3.8, 4) is 28.5 Å². The number of benzene rings is 3. The van der Waals surface area contributed by atoms with Crippen molar-refractivity contribution in [2.45, 2.75) is 71.8 Å². The smallest absolute Gasteiger partial charge is 0.231 e. The van der Waals surface area contributed by atoms with Crippen LogP contribution in [0.1, 0.15) is 74.6 Å². The number of nitrogens with zero attached hydrogens (tertiary/aromatic N) is 1. The maximum Gasteiger partial charge on any atom is 0.231 e. The molecule has 0 saturated carbocycles. The van der Waals surface area contributed by atoms with Gasteiger partial charge in [-0.25, -0.2) is 0 Å². The first kappa shape index (κ1) is 29.2. The van der Waals surface area contributed by atoms with E-state index in [1.54, 1.807) is 7.11 Å². The zero-order valence-electron chi connectivity index (χ0n) is 24.7. The molecule has 0 aliphatic carbocycles. The summed E-state index contributed by atoms with van der Waals surface area (Å²) in [5, 5.41) is 6.25. The minimum absolute atomic E-state index is 0. The summed E-state index contributed by atoms with van der Waals surface area (Å²) in [4.78, 5) is 0. The van der Waals surface area contributed by atoms with E-state index < -0.39 is 0 Å². The second-order valence-corrected chi connectivity index (χ2v) is 11.4. The average Bonchev–Trinajstić information content (AvgIpc) is 3.43. The van der Waals surface area contributed by atoms with E-state index in [2.05, 4.69) is 85.4 Å². The summed E-state index contributed by atoms with van der Waals surface area (Å²) in [5.74, 6) is 3.11. The van der Waals surface area contributed by atoms with E-state index in [1.807, 2.05) is 0 Å². The summed E-state index contributed by atoms with van der Waals surface area (Å²) >= 11 is 0. The molecule has 2 aliphatic heterocycles. The van der Waals surface area contributed by atoms with Crippen LogP contribution in [0.2, 0.25) is 0 Å². The lowest BCUT2D eigenvalue weighted by molar-refractivity contribution is -0.686. The Balaban J connectivity index is 0.00000337. The fourth-order valence-electron chi connectivity index (χ4n) is 6.19.